The lowest BCUT2D eigenvalue weighted by Crippen LogP contribution is -2.11. The van der Waals surface area contributed by atoms with Crippen molar-refractivity contribution >= 4 is 77.7 Å². The van der Waals surface area contributed by atoms with E-state index in [0.29, 0.717) is 56.2 Å². The fourth-order valence-corrected chi connectivity index (χ4v) is 9.79. The molecule has 2 aromatic heterocycles. The largest absolute Gasteiger partial charge is 0.310 e. The van der Waals surface area contributed by atoms with Crippen molar-refractivity contribution in [2.75, 3.05) is 9.80 Å². The zero-order valence-electron chi connectivity index (χ0n) is 37.4. The number of halogens is 8. The molecule has 0 spiro atoms. The standard InChI is InChI=1S/C60H34F8N4/c61-37-13-25-59(53(67)29-37)71-55-7-3-1-5-45(55)47-31-41(21-27-57(47)71)69(43-19-23-49(63)51(65)33-43)39-15-9-35(10-16-39)36-11-17-40(18-12-36)70(44-20-24-50(64)52(66)34-44)42-22-28-58-48(32-42)46-6-2-4-8-56(46)72(58)60-26-14-38(62)30-54(60)68/h1-34H. The molecule has 0 saturated heterocycles. The molecule has 0 saturated carbocycles. The van der Waals surface area contributed by atoms with Gasteiger partial charge < -0.3 is 18.9 Å². The first-order chi connectivity index (χ1) is 35.0. The van der Waals surface area contributed by atoms with Crippen LogP contribution in [-0.4, -0.2) is 9.13 Å². The van der Waals surface area contributed by atoms with E-state index >= 15 is 17.6 Å². The van der Waals surface area contributed by atoms with Gasteiger partial charge >= 0.3 is 0 Å². The summed E-state index contributed by atoms with van der Waals surface area (Å²) in [7, 11) is 0. The van der Waals surface area contributed by atoms with Crippen molar-refractivity contribution in [3.63, 3.8) is 0 Å². The van der Waals surface area contributed by atoms with E-state index in [1.165, 1.54) is 36.4 Å². The fourth-order valence-electron chi connectivity index (χ4n) is 9.79. The maximum absolute atomic E-state index is 15.3. The number of fused-ring (bicyclic) bond motifs is 6. The van der Waals surface area contributed by atoms with Crippen LogP contribution in [0.1, 0.15) is 0 Å². The maximum atomic E-state index is 15.3. The molecule has 0 N–H and O–H groups in total. The topological polar surface area (TPSA) is 16.3 Å². The average molecular weight is 963 g/mol. The van der Waals surface area contributed by atoms with Crippen molar-refractivity contribution in [1.82, 2.24) is 9.13 Å². The van der Waals surface area contributed by atoms with Gasteiger partial charge in [-0.25, -0.2) is 35.1 Å². The second-order valence-corrected chi connectivity index (χ2v) is 17.3. The zero-order valence-corrected chi connectivity index (χ0v) is 37.4. The number of rotatable bonds is 9. The fraction of sp³-hybridized carbons (Fsp3) is 0. The Kier molecular flexibility index (Phi) is 10.6. The van der Waals surface area contributed by atoms with Crippen LogP contribution in [0, 0.1) is 46.5 Å². The molecule has 2 heterocycles. The molecule has 4 nitrogen and oxygen atoms in total. The van der Waals surface area contributed by atoms with Gasteiger partial charge in [-0.1, -0.05) is 60.7 Å². The lowest BCUT2D eigenvalue weighted by atomic mass is 10.0. The lowest BCUT2D eigenvalue weighted by Gasteiger charge is -2.26. The van der Waals surface area contributed by atoms with Crippen LogP contribution in [-0.2, 0) is 0 Å². The smallest absolute Gasteiger partial charge is 0.160 e. The Bertz CT molecular complexity index is 3840. The Balaban J connectivity index is 0.925. The molecule has 0 bridgehead atoms. The van der Waals surface area contributed by atoms with Crippen molar-refractivity contribution in [3.8, 4) is 22.5 Å². The number of nitrogens with zero attached hydrogens (tertiary/aromatic N) is 4. The first-order valence-corrected chi connectivity index (χ1v) is 22.7. The van der Waals surface area contributed by atoms with E-state index in [2.05, 4.69) is 0 Å². The van der Waals surface area contributed by atoms with Gasteiger partial charge in [-0.3, -0.25) is 0 Å². The first kappa shape index (κ1) is 44.1. The molecule has 12 heteroatoms. The zero-order chi connectivity index (χ0) is 49.4. The summed E-state index contributed by atoms with van der Waals surface area (Å²) in [6.07, 6.45) is 0. The van der Waals surface area contributed by atoms with Gasteiger partial charge in [0.25, 0.3) is 0 Å². The Labute approximate surface area is 405 Å². The molecule has 0 amide bonds. The van der Waals surface area contributed by atoms with Gasteiger partial charge in [0.1, 0.15) is 23.3 Å². The van der Waals surface area contributed by atoms with Crippen molar-refractivity contribution < 1.29 is 35.1 Å². The molecule has 0 unspecified atom stereocenters. The maximum Gasteiger partial charge on any atom is 0.160 e. The molecular weight excluding hydrogens is 929 g/mol. The summed E-state index contributed by atoms with van der Waals surface area (Å²) in [6.45, 7) is 0. The van der Waals surface area contributed by atoms with E-state index in [0.717, 1.165) is 69.1 Å². The molecule has 72 heavy (non-hydrogen) atoms. The lowest BCUT2D eigenvalue weighted by molar-refractivity contribution is 0.509. The molecule has 0 aliphatic carbocycles. The highest BCUT2D eigenvalue weighted by atomic mass is 19.2. The third-order valence-electron chi connectivity index (χ3n) is 13.0. The van der Waals surface area contributed by atoms with Gasteiger partial charge in [-0.2, -0.15) is 0 Å². The summed E-state index contributed by atoms with van der Waals surface area (Å²) in [4.78, 5) is 3.56. The summed E-state index contributed by atoms with van der Waals surface area (Å²) in [5, 5.41) is 3.05. The minimum absolute atomic E-state index is 0.165. The van der Waals surface area contributed by atoms with Gasteiger partial charge in [-0.05, 0) is 132 Å². The minimum atomic E-state index is -1.04. The van der Waals surface area contributed by atoms with Crippen molar-refractivity contribution in [2.24, 2.45) is 0 Å². The van der Waals surface area contributed by atoms with Crippen molar-refractivity contribution in [1.29, 1.82) is 0 Å². The van der Waals surface area contributed by atoms with Crippen LogP contribution >= 0.6 is 0 Å². The van der Waals surface area contributed by atoms with Crippen LogP contribution in [0.5, 0.6) is 0 Å². The van der Waals surface area contributed by atoms with E-state index in [1.807, 2.05) is 121 Å². The quantitative estimate of drug-likeness (QED) is 0.134. The minimum Gasteiger partial charge on any atom is -0.310 e. The molecule has 12 aromatic rings. The summed E-state index contributed by atoms with van der Waals surface area (Å²) in [5.74, 6) is -6.96. The number of hydrogen-bond donors (Lipinski definition) is 0. The van der Waals surface area contributed by atoms with Crippen LogP contribution < -0.4 is 9.80 Å². The molecule has 0 radical (unpaired) electrons. The molecule has 0 fully saturated rings. The van der Waals surface area contributed by atoms with Gasteiger partial charge in [0.2, 0.25) is 0 Å². The molecule has 350 valence electrons. The normalized spacial score (nSPS) is 11.6. The van der Waals surface area contributed by atoms with E-state index in [1.54, 1.807) is 31.1 Å². The number of anilines is 6. The second-order valence-electron chi connectivity index (χ2n) is 17.3. The molecule has 0 atom stereocenters. The average Bonchev–Trinajstić information content (AvgIpc) is 3.89. The Morgan fingerprint density at radius 3 is 0.986 bits per heavy atom. The highest BCUT2D eigenvalue weighted by molar-refractivity contribution is 6.12. The van der Waals surface area contributed by atoms with Gasteiger partial charge in [-0.15, -0.1) is 0 Å². The van der Waals surface area contributed by atoms with E-state index in [-0.39, 0.29) is 11.4 Å². The third-order valence-corrected chi connectivity index (χ3v) is 13.0. The van der Waals surface area contributed by atoms with E-state index < -0.39 is 46.5 Å². The molecule has 10 aromatic carbocycles. The van der Waals surface area contributed by atoms with Crippen molar-refractivity contribution in [2.45, 2.75) is 0 Å². The number of para-hydroxylation sites is 2. The second kappa shape index (κ2) is 17.4. The summed E-state index contributed by atoms with van der Waals surface area (Å²) >= 11 is 0. The van der Waals surface area contributed by atoms with E-state index in [4.69, 9.17) is 0 Å². The summed E-state index contributed by atoms with van der Waals surface area (Å²) < 4.78 is 121. The molecule has 0 aliphatic heterocycles. The summed E-state index contributed by atoms with van der Waals surface area (Å²) in [6, 6.07) is 55.0. The Hall–Kier alpha value is -9.16. The number of aromatic nitrogens is 2. The number of benzene rings is 10. The van der Waals surface area contributed by atoms with Gasteiger partial charge in [0, 0.05) is 79.9 Å². The van der Waals surface area contributed by atoms with Gasteiger partial charge in [0.05, 0.1) is 33.4 Å². The van der Waals surface area contributed by atoms with Crippen LogP contribution in [0.4, 0.5) is 69.2 Å². The highest BCUT2D eigenvalue weighted by Crippen LogP contribution is 2.43. The summed E-state index contributed by atoms with van der Waals surface area (Å²) in [5.41, 5.74) is 7.66. The van der Waals surface area contributed by atoms with E-state index in [9.17, 15) is 17.6 Å². The van der Waals surface area contributed by atoms with Crippen LogP contribution in [0.3, 0.4) is 0 Å². The first-order valence-electron chi connectivity index (χ1n) is 22.7. The predicted octanol–water partition coefficient (Wildman–Crippen LogP) is 17.6. The third kappa shape index (κ3) is 7.46. The molecule has 0 aliphatic rings. The Morgan fingerprint density at radius 1 is 0.250 bits per heavy atom. The van der Waals surface area contributed by atoms with Crippen LogP contribution in [0.25, 0.3) is 66.1 Å². The van der Waals surface area contributed by atoms with Crippen molar-refractivity contribution in [3.05, 3.63) is 253 Å². The monoisotopic (exact) mass is 962 g/mol. The van der Waals surface area contributed by atoms with Gasteiger partial charge in [0.15, 0.2) is 23.3 Å². The number of hydrogen-bond acceptors (Lipinski definition) is 2. The van der Waals surface area contributed by atoms with Crippen LogP contribution in [0.2, 0.25) is 0 Å². The predicted molar refractivity (Wildman–Crippen MR) is 270 cm³/mol. The Morgan fingerprint density at radius 2 is 0.597 bits per heavy atom. The molecular formula is C60H34F8N4. The van der Waals surface area contributed by atoms with Crippen LogP contribution in [0.15, 0.2) is 206 Å². The highest BCUT2D eigenvalue weighted by Gasteiger charge is 2.23. The molecule has 12 rings (SSSR count). The SMILES string of the molecule is Fc1ccc(-n2c3ccccc3c3cc(N(c4ccc(-c5ccc(N(c6ccc(F)c(F)c6)c6ccc7c(c6)c6ccccc6n7-c6ccc(F)cc6F)cc5)cc4)c4ccc(F)c(F)c4)ccc32)c(F)c1.